The van der Waals surface area contributed by atoms with E-state index in [2.05, 4.69) is 0 Å². The van der Waals surface area contributed by atoms with Crippen molar-refractivity contribution in [3.63, 3.8) is 0 Å². The smallest absolute Gasteiger partial charge is 0.407 e. The van der Waals surface area contributed by atoms with Crippen LogP contribution in [-0.4, -0.2) is 36.3 Å². The Kier molecular flexibility index (Phi) is 3.72. The van der Waals surface area contributed by atoms with Crippen molar-refractivity contribution in [2.45, 2.75) is 18.9 Å². The number of ether oxygens (including phenoxy) is 1. The third-order valence-electron chi connectivity index (χ3n) is 3.38. The van der Waals surface area contributed by atoms with Gasteiger partial charge in [-0.25, -0.2) is 4.79 Å². The van der Waals surface area contributed by atoms with Crippen molar-refractivity contribution >= 4 is 6.09 Å². The average molecular weight is 250 g/mol. The number of carbonyl (C=O) groups is 1. The summed E-state index contributed by atoms with van der Waals surface area (Å²) in [7, 11) is 1.63. The molecule has 1 heterocycles. The summed E-state index contributed by atoms with van der Waals surface area (Å²) in [6.07, 6.45) is -0.0947. The Labute approximate surface area is 106 Å². The van der Waals surface area contributed by atoms with Gasteiger partial charge in [0.05, 0.1) is 7.11 Å². The Hall–Kier alpha value is -1.75. The van der Waals surface area contributed by atoms with Crippen LogP contribution in [0.4, 0.5) is 4.79 Å². The molecule has 3 N–H and O–H groups in total. The number of rotatable bonds is 3. The minimum atomic E-state index is -0.876. The van der Waals surface area contributed by atoms with E-state index in [0.29, 0.717) is 19.6 Å². The minimum absolute atomic E-state index is 0.157. The summed E-state index contributed by atoms with van der Waals surface area (Å²) in [4.78, 5) is 12.5. The molecule has 1 aromatic rings. The lowest BCUT2D eigenvalue weighted by molar-refractivity contribution is 0.134. The minimum Gasteiger partial charge on any atom is -0.497 e. The third-order valence-corrected chi connectivity index (χ3v) is 3.38. The third kappa shape index (κ3) is 2.41. The summed E-state index contributed by atoms with van der Waals surface area (Å²) in [6.45, 7) is 1.50. The van der Waals surface area contributed by atoms with Gasteiger partial charge in [0.1, 0.15) is 5.75 Å². The van der Waals surface area contributed by atoms with Crippen molar-refractivity contribution in [1.29, 1.82) is 0 Å². The van der Waals surface area contributed by atoms with E-state index in [1.807, 2.05) is 18.2 Å². The fourth-order valence-corrected chi connectivity index (χ4v) is 2.45. The van der Waals surface area contributed by atoms with E-state index in [-0.39, 0.29) is 5.92 Å². The number of hydrogen-bond donors (Lipinski definition) is 2. The zero-order valence-corrected chi connectivity index (χ0v) is 10.4. The maximum Gasteiger partial charge on any atom is 0.407 e. The lowest BCUT2D eigenvalue weighted by atomic mass is 9.87. The molecule has 1 unspecified atom stereocenters. The Morgan fingerprint density at radius 3 is 3.00 bits per heavy atom. The molecule has 0 saturated carbocycles. The second-order valence-electron chi connectivity index (χ2n) is 4.50. The highest BCUT2D eigenvalue weighted by molar-refractivity contribution is 5.66. The predicted molar refractivity (Wildman–Crippen MR) is 67.8 cm³/mol. The number of hydrogen-bond acceptors (Lipinski definition) is 3. The van der Waals surface area contributed by atoms with Crippen molar-refractivity contribution in [2.75, 3.05) is 20.2 Å². The second kappa shape index (κ2) is 5.27. The molecule has 98 valence electrons. The number of carboxylic acid groups (broad SMARTS) is 1. The van der Waals surface area contributed by atoms with Crippen molar-refractivity contribution in [2.24, 2.45) is 5.73 Å². The Morgan fingerprint density at radius 1 is 1.61 bits per heavy atom. The first-order valence-corrected chi connectivity index (χ1v) is 6.00. The number of nitrogens with two attached hydrogens (primary N) is 1. The molecular formula is C13H18N2O3. The molecule has 0 spiro atoms. The van der Waals surface area contributed by atoms with Gasteiger partial charge in [-0.3, -0.25) is 0 Å². The number of benzene rings is 1. The highest BCUT2D eigenvalue weighted by Gasteiger charge is 2.27. The van der Waals surface area contributed by atoms with Crippen molar-refractivity contribution < 1.29 is 14.6 Å². The highest BCUT2D eigenvalue weighted by Crippen LogP contribution is 2.33. The molecule has 18 heavy (non-hydrogen) atoms. The fourth-order valence-electron chi connectivity index (χ4n) is 2.45. The molecule has 1 amide bonds. The van der Waals surface area contributed by atoms with Gasteiger partial charge in [-0.05, 0) is 36.2 Å². The lowest BCUT2D eigenvalue weighted by Crippen LogP contribution is -2.37. The van der Waals surface area contributed by atoms with E-state index in [0.717, 1.165) is 23.3 Å². The summed E-state index contributed by atoms with van der Waals surface area (Å²) in [5, 5.41) is 9.12. The van der Waals surface area contributed by atoms with E-state index in [1.54, 1.807) is 7.11 Å². The molecule has 0 aliphatic carbocycles. The van der Waals surface area contributed by atoms with Gasteiger partial charge < -0.3 is 20.5 Å². The second-order valence-corrected chi connectivity index (χ2v) is 4.50. The van der Waals surface area contributed by atoms with Crippen molar-refractivity contribution in [3.05, 3.63) is 29.3 Å². The summed E-state index contributed by atoms with van der Waals surface area (Å²) in [6, 6.07) is 5.80. The molecule has 2 rings (SSSR count). The normalized spacial score (nSPS) is 18.3. The largest absolute Gasteiger partial charge is 0.497 e. The van der Waals surface area contributed by atoms with Gasteiger partial charge >= 0.3 is 6.09 Å². The lowest BCUT2D eigenvalue weighted by Gasteiger charge is -2.33. The van der Waals surface area contributed by atoms with E-state index >= 15 is 0 Å². The van der Waals surface area contributed by atoms with E-state index in [4.69, 9.17) is 15.6 Å². The Balaban J connectivity index is 2.34. The molecule has 0 fully saturated rings. The number of methoxy groups -OCH3 is 1. The molecule has 1 aliphatic heterocycles. The monoisotopic (exact) mass is 250 g/mol. The van der Waals surface area contributed by atoms with Crippen LogP contribution in [0, 0.1) is 0 Å². The molecule has 0 saturated heterocycles. The van der Waals surface area contributed by atoms with Crippen LogP contribution >= 0.6 is 0 Å². The molecule has 0 aromatic heterocycles. The molecule has 5 heteroatoms. The number of fused-ring (bicyclic) bond motifs is 1. The van der Waals surface area contributed by atoms with Crippen molar-refractivity contribution in [3.8, 4) is 5.75 Å². The van der Waals surface area contributed by atoms with Crippen LogP contribution in [0.5, 0.6) is 5.75 Å². The van der Waals surface area contributed by atoms with E-state index in [1.165, 1.54) is 4.90 Å². The Morgan fingerprint density at radius 2 is 2.39 bits per heavy atom. The van der Waals surface area contributed by atoms with Gasteiger partial charge in [0.25, 0.3) is 0 Å². The first-order valence-electron chi connectivity index (χ1n) is 6.00. The van der Waals surface area contributed by atoms with Crippen LogP contribution < -0.4 is 10.5 Å². The molecule has 1 atom stereocenters. The van der Waals surface area contributed by atoms with Gasteiger partial charge in [0.2, 0.25) is 0 Å². The average Bonchev–Trinajstić information content (AvgIpc) is 2.38. The number of nitrogens with zero attached hydrogens (tertiary/aromatic N) is 1. The van der Waals surface area contributed by atoms with Crippen molar-refractivity contribution in [1.82, 2.24) is 4.90 Å². The summed E-state index contributed by atoms with van der Waals surface area (Å²) < 4.78 is 5.22. The standard InChI is InChI=1S/C13H18N2O3/c1-18-11-3-2-9-7-15(13(16)17)8-10(4-5-14)12(9)6-11/h2-3,6,10H,4-5,7-8,14H2,1H3,(H,16,17). The van der Waals surface area contributed by atoms with E-state index < -0.39 is 6.09 Å². The van der Waals surface area contributed by atoms with Crippen LogP contribution in [0.2, 0.25) is 0 Å². The molecule has 0 radical (unpaired) electrons. The quantitative estimate of drug-likeness (QED) is 0.854. The van der Waals surface area contributed by atoms with Crippen LogP contribution in [0.25, 0.3) is 0 Å². The number of amides is 1. The SMILES string of the molecule is COc1ccc2c(c1)C(CCN)CN(C(=O)O)C2. The van der Waals surface area contributed by atoms with Crippen LogP contribution in [0.1, 0.15) is 23.5 Å². The van der Waals surface area contributed by atoms with Crippen LogP contribution in [-0.2, 0) is 6.54 Å². The topological polar surface area (TPSA) is 75.8 Å². The molecule has 0 bridgehead atoms. The van der Waals surface area contributed by atoms with Crippen LogP contribution in [0.15, 0.2) is 18.2 Å². The van der Waals surface area contributed by atoms with Gasteiger partial charge in [-0.1, -0.05) is 6.07 Å². The molecule has 1 aliphatic rings. The molecule has 1 aromatic carbocycles. The summed E-state index contributed by atoms with van der Waals surface area (Å²) in [5.74, 6) is 0.962. The van der Waals surface area contributed by atoms with Crippen LogP contribution in [0.3, 0.4) is 0 Å². The van der Waals surface area contributed by atoms with Gasteiger partial charge in [-0.15, -0.1) is 0 Å². The van der Waals surface area contributed by atoms with Gasteiger partial charge in [0, 0.05) is 19.0 Å². The molecule has 5 nitrogen and oxygen atoms in total. The predicted octanol–water partition coefficient (Wildman–Crippen LogP) is 1.62. The molecular weight excluding hydrogens is 232 g/mol. The first kappa shape index (κ1) is 12.7. The van der Waals surface area contributed by atoms with Gasteiger partial charge in [0.15, 0.2) is 0 Å². The summed E-state index contributed by atoms with van der Waals surface area (Å²) in [5.41, 5.74) is 7.82. The first-order chi connectivity index (χ1) is 8.65. The maximum absolute atomic E-state index is 11.1. The zero-order chi connectivity index (χ0) is 13.1. The maximum atomic E-state index is 11.1. The fraction of sp³-hybridized carbons (Fsp3) is 0.462. The Bertz CT molecular complexity index is 448. The van der Waals surface area contributed by atoms with Gasteiger partial charge in [-0.2, -0.15) is 0 Å². The zero-order valence-electron chi connectivity index (χ0n) is 10.4. The summed E-state index contributed by atoms with van der Waals surface area (Å²) >= 11 is 0. The highest BCUT2D eigenvalue weighted by atomic mass is 16.5. The van der Waals surface area contributed by atoms with E-state index in [9.17, 15) is 4.79 Å².